The normalized spacial score (nSPS) is 16.1. The van der Waals surface area contributed by atoms with Crippen LogP contribution in [0.2, 0.25) is 0 Å². The molecule has 2 aromatic rings. The molecule has 0 unspecified atom stereocenters. The Morgan fingerprint density at radius 3 is 2.38 bits per heavy atom. The van der Waals surface area contributed by atoms with E-state index in [1.807, 2.05) is 0 Å². The van der Waals surface area contributed by atoms with E-state index in [-0.39, 0.29) is 23.9 Å². The lowest BCUT2D eigenvalue weighted by Crippen LogP contribution is -2.50. The summed E-state index contributed by atoms with van der Waals surface area (Å²) >= 11 is 0. The lowest BCUT2D eigenvalue weighted by molar-refractivity contribution is 0.0697. The predicted octanol–water partition coefficient (Wildman–Crippen LogP) is 0.932. The second kappa shape index (κ2) is 6.66. The van der Waals surface area contributed by atoms with Crippen LogP contribution in [0.1, 0.15) is 16.1 Å². The minimum absolute atomic E-state index is 0.148. The van der Waals surface area contributed by atoms with Crippen molar-refractivity contribution in [3.8, 4) is 0 Å². The summed E-state index contributed by atoms with van der Waals surface area (Å²) in [5, 5.41) is 7.63. The van der Waals surface area contributed by atoms with Crippen molar-refractivity contribution in [1.82, 2.24) is 19.4 Å². The van der Waals surface area contributed by atoms with E-state index in [2.05, 4.69) is 10.2 Å². The second-order valence-corrected chi connectivity index (χ2v) is 7.53. The van der Waals surface area contributed by atoms with Crippen molar-refractivity contribution >= 4 is 15.9 Å². The standard InChI is InChI=1S/C16H18N4O3S/c1-13-11-14(12-17-18-13)16(21)19-7-9-20(10-8-19)24(22,23)15-5-3-2-4-6-15/h2-6,11-12H,7-10H2,1H3. The molecule has 126 valence electrons. The third-order valence-electron chi connectivity index (χ3n) is 3.93. The van der Waals surface area contributed by atoms with Crippen molar-refractivity contribution in [2.24, 2.45) is 0 Å². The summed E-state index contributed by atoms with van der Waals surface area (Å²) in [4.78, 5) is 14.4. The number of sulfonamides is 1. The van der Waals surface area contributed by atoms with Crippen LogP contribution >= 0.6 is 0 Å². The first kappa shape index (κ1) is 16.5. The second-order valence-electron chi connectivity index (χ2n) is 5.59. The molecule has 1 aliphatic heterocycles. The van der Waals surface area contributed by atoms with Crippen molar-refractivity contribution < 1.29 is 13.2 Å². The molecule has 3 rings (SSSR count). The first-order chi connectivity index (χ1) is 11.5. The number of hydrogen-bond donors (Lipinski definition) is 0. The van der Waals surface area contributed by atoms with Gasteiger partial charge in [0.15, 0.2) is 0 Å². The largest absolute Gasteiger partial charge is 0.336 e. The molecule has 1 aromatic carbocycles. The number of nitrogens with zero attached hydrogens (tertiary/aromatic N) is 4. The van der Waals surface area contributed by atoms with E-state index in [9.17, 15) is 13.2 Å². The van der Waals surface area contributed by atoms with Gasteiger partial charge < -0.3 is 4.90 Å². The van der Waals surface area contributed by atoms with Crippen LogP contribution < -0.4 is 0 Å². The summed E-state index contributed by atoms with van der Waals surface area (Å²) in [7, 11) is -3.51. The predicted molar refractivity (Wildman–Crippen MR) is 87.9 cm³/mol. The number of aryl methyl sites for hydroxylation is 1. The van der Waals surface area contributed by atoms with Crippen LogP contribution in [-0.2, 0) is 10.0 Å². The highest BCUT2D eigenvalue weighted by atomic mass is 32.2. The Balaban J connectivity index is 1.69. The van der Waals surface area contributed by atoms with Gasteiger partial charge >= 0.3 is 0 Å². The number of aromatic nitrogens is 2. The van der Waals surface area contributed by atoms with Crippen LogP contribution in [0.5, 0.6) is 0 Å². The molecule has 1 aromatic heterocycles. The monoisotopic (exact) mass is 346 g/mol. The van der Waals surface area contributed by atoms with Gasteiger partial charge in [0.2, 0.25) is 10.0 Å². The minimum atomic E-state index is -3.51. The lowest BCUT2D eigenvalue weighted by Gasteiger charge is -2.34. The molecule has 0 saturated carbocycles. The Morgan fingerprint density at radius 1 is 1.08 bits per heavy atom. The number of benzene rings is 1. The van der Waals surface area contributed by atoms with E-state index in [0.717, 1.165) is 0 Å². The lowest BCUT2D eigenvalue weighted by atomic mass is 10.2. The van der Waals surface area contributed by atoms with E-state index in [1.54, 1.807) is 48.2 Å². The molecule has 0 aliphatic carbocycles. The fraction of sp³-hybridized carbons (Fsp3) is 0.312. The molecule has 0 bridgehead atoms. The van der Waals surface area contributed by atoms with Crippen LogP contribution in [0.4, 0.5) is 0 Å². The molecule has 24 heavy (non-hydrogen) atoms. The average molecular weight is 346 g/mol. The van der Waals surface area contributed by atoms with Crippen LogP contribution in [0.15, 0.2) is 47.5 Å². The fourth-order valence-electron chi connectivity index (χ4n) is 2.65. The molecule has 7 nitrogen and oxygen atoms in total. The Labute approximate surface area is 141 Å². The maximum Gasteiger partial charge on any atom is 0.255 e. The third kappa shape index (κ3) is 3.29. The van der Waals surface area contributed by atoms with Crippen LogP contribution in [0.25, 0.3) is 0 Å². The molecule has 0 radical (unpaired) electrons. The average Bonchev–Trinajstić information content (AvgIpc) is 2.62. The first-order valence-electron chi connectivity index (χ1n) is 7.62. The summed E-state index contributed by atoms with van der Waals surface area (Å²) in [6.07, 6.45) is 1.43. The van der Waals surface area contributed by atoms with Gasteiger partial charge in [0.25, 0.3) is 5.91 Å². The maximum atomic E-state index is 12.6. The zero-order valence-corrected chi connectivity index (χ0v) is 14.1. The first-order valence-corrected chi connectivity index (χ1v) is 9.06. The Bertz CT molecular complexity index is 831. The van der Waals surface area contributed by atoms with E-state index in [0.29, 0.717) is 24.3 Å². The smallest absolute Gasteiger partial charge is 0.255 e. The summed E-state index contributed by atoms with van der Waals surface area (Å²) in [5.41, 5.74) is 1.15. The number of amides is 1. The Morgan fingerprint density at radius 2 is 1.75 bits per heavy atom. The Kier molecular flexibility index (Phi) is 4.59. The van der Waals surface area contributed by atoms with Crippen molar-refractivity contribution in [3.63, 3.8) is 0 Å². The van der Waals surface area contributed by atoms with E-state index >= 15 is 0 Å². The summed E-state index contributed by atoms with van der Waals surface area (Å²) in [6, 6.07) is 10.0. The highest BCUT2D eigenvalue weighted by Gasteiger charge is 2.30. The van der Waals surface area contributed by atoms with Gasteiger partial charge in [-0.3, -0.25) is 4.79 Å². The van der Waals surface area contributed by atoms with Crippen LogP contribution in [-0.4, -0.2) is 59.9 Å². The molecular weight excluding hydrogens is 328 g/mol. The summed E-state index contributed by atoms with van der Waals surface area (Å²) < 4.78 is 26.6. The molecule has 1 saturated heterocycles. The van der Waals surface area contributed by atoms with Crippen molar-refractivity contribution in [1.29, 1.82) is 0 Å². The van der Waals surface area contributed by atoms with Gasteiger partial charge in [-0.05, 0) is 25.1 Å². The van der Waals surface area contributed by atoms with Crippen molar-refractivity contribution in [3.05, 3.63) is 53.9 Å². The molecule has 1 amide bonds. The number of carbonyl (C=O) groups is 1. The molecule has 8 heteroatoms. The van der Waals surface area contributed by atoms with E-state index in [1.165, 1.54) is 10.5 Å². The van der Waals surface area contributed by atoms with Crippen LogP contribution in [0.3, 0.4) is 0 Å². The molecule has 1 fully saturated rings. The highest BCUT2D eigenvalue weighted by molar-refractivity contribution is 7.89. The van der Waals surface area contributed by atoms with Gasteiger partial charge in [-0.1, -0.05) is 18.2 Å². The fourth-order valence-corrected chi connectivity index (χ4v) is 4.09. The maximum absolute atomic E-state index is 12.6. The van der Waals surface area contributed by atoms with Gasteiger partial charge in [0.05, 0.1) is 22.3 Å². The molecule has 0 spiro atoms. The van der Waals surface area contributed by atoms with Gasteiger partial charge in [-0.25, -0.2) is 8.42 Å². The number of piperazine rings is 1. The number of carbonyl (C=O) groups excluding carboxylic acids is 1. The van der Waals surface area contributed by atoms with Crippen LogP contribution in [0, 0.1) is 6.92 Å². The third-order valence-corrected chi connectivity index (χ3v) is 5.84. The van der Waals surface area contributed by atoms with Crippen molar-refractivity contribution in [2.75, 3.05) is 26.2 Å². The SMILES string of the molecule is Cc1cc(C(=O)N2CCN(S(=O)(=O)c3ccccc3)CC2)cnn1. The topological polar surface area (TPSA) is 83.5 Å². The molecule has 0 atom stereocenters. The van der Waals surface area contributed by atoms with Gasteiger partial charge in [0, 0.05) is 26.2 Å². The zero-order chi connectivity index (χ0) is 17.2. The summed E-state index contributed by atoms with van der Waals surface area (Å²) in [5.74, 6) is -0.148. The summed E-state index contributed by atoms with van der Waals surface area (Å²) in [6.45, 7) is 3.04. The van der Waals surface area contributed by atoms with Gasteiger partial charge in [0.1, 0.15) is 0 Å². The van der Waals surface area contributed by atoms with Gasteiger partial charge in [-0.2, -0.15) is 14.5 Å². The van der Waals surface area contributed by atoms with Crippen molar-refractivity contribution in [2.45, 2.75) is 11.8 Å². The highest BCUT2D eigenvalue weighted by Crippen LogP contribution is 2.18. The van der Waals surface area contributed by atoms with E-state index in [4.69, 9.17) is 0 Å². The molecular formula is C16H18N4O3S. The quantitative estimate of drug-likeness (QED) is 0.826. The molecule has 1 aliphatic rings. The number of rotatable bonds is 3. The van der Waals surface area contributed by atoms with E-state index < -0.39 is 10.0 Å². The van der Waals surface area contributed by atoms with Gasteiger partial charge in [-0.15, -0.1) is 0 Å². The zero-order valence-electron chi connectivity index (χ0n) is 13.3. The minimum Gasteiger partial charge on any atom is -0.336 e. The molecule has 0 N–H and O–H groups in total. The number of hydrogen-bond acceptors (Lipinski definition) is 5. The molecule has 2 heterocycles. The Hall–Kier alpha value is -2.32.